The molecule has 1 aliphatic rings. The van der Waals surface area contributed by atoms with Crippen molar-refractivity contribution in [2.45, 2.75) is 5.41 Å². The van der Waals surface area contributed by atoms with Gasteiger partial charge in [-0.25, -0.2) is 0 Å². The number of anilines is 3. The zero-order valence-corrected chi connectivity index (χ0v) is 31.5. The third-order valence-corrected chi connectivity index (χ3v) is 12.2. The Hall–Kier alpha value is -7.62. The van der Waals surface area contributed by atoms with E-state index in [0.29, 0.717) is 0 Å². The van der Waals surface area contributed by atoms with Gasteiger partial charge in [-0.05, 0) is 93.5 Å². The van der Waals surface area contributed by atoms with Crippen molar-refractivity contribution in [3.8, 4) is 22.3 Å². The predicted octanol–water partition coefficient (Wildman–Crippen LogP) is 15.0. The largest absolute Gasteiger partial charge is 0.456 e. The maximum Gasteiger partial charge on any atom is 0.143 e. The molecule has 58 heavy (non-hydrogen) atoms. The van der Waals surface area contributed by atoms with Crippen molar-refractivity contribution < 1.29 is 8.83 Å². The highest BCUT2D eigenvalue weighted by Gasteiger charge is 2.46. The predicted molar refractivity (Wildman–Crippen MR) is 238 cm³/mol. The fraction of sp³-hybridized carbons (Fsp3) is 0.0182. The van der Waals surface area contributed by atoms with Gasteiger partial charge in [0, 0.05) is 44.2 Å². The van der Waals surface area contributed by atoms with E-state index in [9.17, 15) is 0 Å². The molecule has 0 saturated heterocycles. The molecule has 2 aromatic heterocycles. The number of hydrogen-bond donors (Lipinski definition) is 0. The van der Waals surface area contributed by atoms with Crippen LogP contribution in [-0.4, -0.2) is 0 Å². The first kappa shape index (κ1) is 32.6. The molecule has 2 heterocycles. The lowest BCUT2D eigenvalue weighted by Gasteiger charge is -2.35. The van der Waals surface area contributed by atoms with E-state index in [2.05, 4.69) is 193 Å². The minimum Gasteiger partial charge on any atom is -0.456 e. The van der Waals surface area contributed by atoms with Crippen molar-refractivity contribution in [3.05, 3.63) is 235 Å². The SMILES string of the molecule is c1ccc(N(c2ccc(-c3cccc4c3oc3ccc5oc6ccccc6c5c34)cc2)c2ccc3c(c2)C(c2ccccc2)(c2ccccc2)c2ccccc2-3)cc1. The molecule has 0 aliphatic heterocycles. The first-order valence-corrected chi connectivity index (χ1v) is 19.8. The molecule has 0 spiro atoms. The lowest BCUT2D eigenvalue weighted by atomic mass is 9.67. The molecule has 3 heteroatoms. The number of para-hydroxylation sites is 3. The second-order valence-electron chi connectivity index (χ2n) is 15.2. The molecule has 0 fully saturated rings. The second-order valence-corrected chi connectivity index (χ2v) is 15.2. The van der Waals surface area contributed by atoms with Crippen LogP contribution >= 0.6 is 0 Å². The monoisotopic (exact) mass is 741 g/mol. The number of benzene rings is 9. The zero-order chi connectivity index (χ0) is 38.2. The maximum absolute atomic E-state index is 6.69. The molecule has 0 radical (unpaired) electrons. The number of rotatable bonds is 6. The Morgan fingerprint density at radius 2 is 0.897 bits per heavy atom. The van der Waals surface area contributed by atoms with Crippen molar-refractivity contribution in [1.29, 1.82) is 0 Å². The highest BCUT2D eigenvalue weighted by Crippen LogP contribution is 2.57. The summed E-state index contributed by atoms with van der Waals surface area (Å²) in [7, 11) is 0. The highest BCUT2D eigenvalue weighted by atomic mass is 16.3. The average Bonchev–Trinajstić information content (AvgIpc) is 3.96. The maximum atomic E-state index is 6.69. The van der Waals surface area contributed by atoms with Gasteiger partial charge < -0.3 is 13.7 Å². The second kappa shape index (κ2) is 12.7. The Balaban J connectivity index is 1.02. The van der Waals surface area contributed by atoms with Gasteiger partial charge in [0.1, 0.15) is 22.3 Å². The summed E-state index contributed by atoms with van der Waals surface area (Å²) in [4.78, 5) is 2.37. The van der Waals surface area contributed by atoms with E-state index >= 15 is 0 Å². The standard InChI is InChI=1S/C55H35NO2/c1-4-15-37(16-5-1)55(38-17-6-2-7-18-38)47-25-12-10-21-43(47)44-32-31-41(35-48(44)55)56(39-19-8-3-9-20-39)40-29-27-36(28-30-40)42-23-14-24-46-53-51(58-54(42)46)34-33-50-52(53)45-22-11-13-26-49(45)57-50/h1-35H. The van der Waals surface area contributed by atoms with E-state index < -0.39 is 5.41 Å². The van der Waals surface area contributed by atoms with Crippen molar-refractivity contribution in [2.75, 3.05) is 4.90 Å². The van der Waals surface area contributed by atoms with Crippen LogP contribution < -0.4 is 4.90 Å². The minimum absolute atomic E-state index is 0.490. The van der Waals surface area contributed by atoms with Gasteiger partial charge in [-0.15, -0.1) is 0 Å². The summed E-state index contributed by atoms with van der Waals surface area (Å²) in [6.45, 7) is 0. The number of hydrogen-bond acceptors (Lipinski definition) is 3. The molecule has 1 aliphatic carbocycles. The van der Waals surface area contributed by atoms with Gasteiger partial charge in [-0.3, -0.25) is 0 Å². The summed E-state index contributed by atoms with van der Waals surface area (Å²) in [6, 6.07) is 76.2. The number of nitrogens with zero attached hydrogens (tertiary/aromatic N) is 1. The van der Waals surface area contributed by atoms with E-state index in [1.165, 1.54) is 33.4 Å². The molecule has 9 aromatic carbocycles. The van der Waals surface area contributed by atoms with Crippen LogP contribution in [-0.2, 0) is 5.41 Å². The fourth-order valence-corrected chi connectivity index (χ4v) is 9.72. The van der Waals surface area contributed by atoms with E-state index in [0.717, 1.165) is 72.1 Å². The summed E-state index contributed by atoms with van der Waals surface area (Å²) in [5.74, 6) is 0. The van der Waals surface area contributed by atoms with Crippen LogP contribution in [0.2, 0.25) is 0 Å². The van der Waals surface area contributed by atoms with Gasteiger partial charge >= 0.3 is 0 Å². The highest BCUT2D eigenvalue weighted by molar-refractivity contribution is 6.26. The lowest BCUT2D eigenvalue weighted by Crippen LogP contribution is -2.28. The summed E-state index contributed by atoms with van der Waals surface area (Å²) < 4.78 is 12.9. The van der Waals surface area contributed by atoms with Crippen LogP contribution in [0, 0.1) is 0 Å². The first-order chi connectivity index (χ1) is 28.8. The molecule has 0 bridgehead atoms. The van der Waals surface area contributed by atoms with Gasteiger partial charge in [-0.1, -0.05) is 158 Å². The quantitative estimate of drug-likeness (QED) is 0.170. The van der Waals surface area contributed by atoms with Crippen molar-refractivity contribution in [3.63, 3.8) is 0 Å². The summed E-state index contributed by atoms with van der Waals surface area (Å²) >= 11 is 0. The molecule has 272 valence electrons. The topological polar surface area (TPSA) is 29.5 Å². The summed E-state index contributed by atoms with van der Waals surface area (Å²) in [5.41, 5.74) is 16.0. The Labute approximate surface area is 335 Å². The summed E-state index contributed by atoms with van der Waals surface area (Å²) in [6.07, 6.45) is 0. The molecule has 0 N–H and O–H groups in total. The lowest BCUT2D eigenvalue weighted by molar-refractivity contribution is 0.663. The Kier molecular flexibility index (Phi) is 7.14. The normalized spacial score (nSPS) is 13.0. The van der Waals surface area contributed by atoms with Crippen LogP contribution in [0.4, 0.5) is 17.1 Å². The number of fused-ring (bicyclic) bond motifs is 10. The Bertz CT molecular complexity index is 3290. The molecule has 0 saturated carbocycles. The molecular weight excluding hydrogens is 707 g/mol. The third kappa shape index (κ3) is 4.68. The van der Waals surface area contributed by atoms with Crippen LogP contribution in [0.25, 0.3) is 66.1 Å². The fourth-order valence-electron chi connectivity index (χ4n) is 9.72. The molecular formula is C55H35NO2. The van der Waals surface area contributed by atoms with E-state index in [1.54, 1.807) is 0 Å². The third-order valence-electron chi connectivity index (χ3n) is 12.2. The van der Waals surface area contributed by atoms with Gasteiger partial charge in [0.2, 0.25) is 0 Å². The van der Waals surface area contributed by atoms with E-state index in [1.807, 2.05) is 24.3 Å². The molecule has 11 aromatic rings. The molecule has 3 nitrogen and oxygen atoms in total. The van der Waals surface area contributed by atoms with Gasteiger partial charge in [0.25, 0.3) is 0 Å². The van der Waals surface area contributed by atoms with E-state index in [-0.39, 0.29) is 0 Å². The molecule has 12 rings (SSSR count). The van der Waals surface area contributed by atoms with Crippen molar-refractivity contribution in [2.24, 2.45) is 0 Å². The Morgan fingerprint density at radius 1 is 0.345 bits per heavy atom. The minimum atomic E-state index is -0.490. The zero-order valence-electron chi connectivity index (χ0n) is 31.5. The van der Waals surface area contributed by atoms with E-state index in [4.69, 9.17) is 8.83 Å². The van der Waals surface area contributed by atoms with Gasteiger partial charge in [0.05, 0.1) is 5.41 Å². The van der Waals surface area contributed by atoms with Gasteiger partial charge in [-0.2, -0.15) is 0 Å². The van der Waals surface area contributed by atoms with Crippen molar-refractivity contribution >= 4 is 60.9 Å². The first-order valence-electron chi connectivity index (χ1n) is 19.8. The van der Waals surface area contributed by atoms with Crippen LogP contribution in [0.15, 0.2) is 221 Å². The Morgan fingerprint density at radius 3 is 1.66 bits per heavy atom. The van der Waals surface area contributed by atoms with Gasteiger partial charge in [0.15, 0.2) is 0 Å². The van der Waals surface area contributed by atoms with Crippen LogP contribution in [0.3, 0.4) is 0 Å². The van der Waals surface area contributed by atoms with Crippen LogP contribution in [0.1, 0.15) is 22.3 Å². The van der Waals surface area contributed by atoms with Crippen molar-refractivity contribution in [1.82, 2.24) is 0 Å². The van der Waals surface area contributed by atoms with Crippen LogP contribution in [0.5, 0.6) is 0 Å². The molecule has 0 unspecified atom stereocenters. The molecule has 0 atom stereocenters. The average molecular weight is 742 g/mol. The molecule has 0 amide bonds. The number of furan rings is 2. The smallest absolute Gasteiger partial charge is 0.143 e. The summed E-state index contributed by atoms with van der Waals surface area (Å²) in [5, 5.41) is 4.37.